The van der Waals surface area contributed by atoms with Crippen LogP contribution in [0.1, 0.15) is 24.0 Å². The van der Waals surface area contributed by atoms with Crippen molar-refractivity contribution in [3.8, 4) is 29.0 Å². The summed E-state index contributed by atoms with van der Waals surface area (Å²) in [6.45, 7) is 0. The molecule has 0 saturated heterocycles. The minimum atomic E-state index is 0.616. The molecule has 320 valence electrons. The summed E-state index contributed by atoms with van der Waals surface area (Å²) in [5.74, 6) is 0. The van der Waals surface area contributed by atoms with Crippen LogP contribution in [0.15, 0.2) is 231 Å². The fourth-order valence-electron chi connectivity index (χ4n) is 10.0. The molecule has 0 bridgehead atoms. The van der Waals surface area contributed by atoms with Gasteiger partial charge in [0.25, 0.3) is 0 Å². The van der Waals surface area contributed by atoms with Gasteiger partial charge in [-0.15, -0.1) is 0 Å². The minimum Gasteiger partial charge on any atom is -0.313 e. The van der Waals surface area contributed by atoms with Crippen molar-refractivity contribution in [2.75, 3.05) is 9.80 Å². The molecule has 0 amide bonds. The summed E-state index contributed by atoms with van der Waals surface area (Å²) in [4.78, 5) is 4.53. The third-order valence-electron chi connectivity index (χ3n) is 13.2. The number of rotatable bonds is 9. The molecule has 1 aliphatic rings. The van der Waals surface area contributed by atoms with E-state index in [1.165, 1.54) is 32.9 Å². The van der Waals surface area contributed by atoms with E-state index in [9.17, 15) is 10.5 Å². The first-order valence-corrected chi connectivity index (χ1v) is 22.9. The molecule has 0 aliphatic heterocycles. The second-order valence-electron chi connectivity index (χ2n) is 17.2. The van der Waals surface area contributed by atoms with Crippen LogP contribution in [0.4, 0.5) is 34.1 Å². The molecular weight excluding hydrogens is 829 g/mol. The molecule has 0 fully saturated rings. The number of nitrogens with zero attached hydrogens (tertiary/aromatic N) is 6. The molecule has 9 aromatic carbocycles. The van der Waals surface area contributed by atoms with Gasteiger partial charge in [-0.2, -0.15) is 10.5 Å². The predicted molar refractivity (Wildman–Crippen MR) is 281 cm³/mol. The van der Waals surface area contributed by atoms with Crippen molar-refractivity contribution in [3.05, 3.63) is 242 Å². The normalized spacial score (nSPS) is 12.3. The molecule has 0 atom stereocenters. The van der Waals surface area contributed by atoms with Crippen molar-refractivity contribution in [3.63, 3.8) is 0 Å². The minimum absolute atomic E-state index is 0.616. The first-order chi connectivity index (χ1) is 33.6. The zero-order valence-electron chi connectivity index (χ0n) is 37.0. The van der Waals surface area contributed by atoms with Crippen LogP contribution in [0, 0.1) is 22.7 Å². The zero-order chi connectivity index (χ0) is 45.6. The first kappa shape index (κ1) is 40.2. The Kier molecular flexibility index (Phi) is 9.98. The van der Waals surface area contributed by atoms with E-state index in [-0.39, 0.29) is 0 Å². The smallest absolute Gasteiger partial charge is 0.0991 e. The van der Waals surface area contributed by atoms with E-state index in [2.05, 4.69) is 213 Å². The summed E-state index contributed by atoms with van der Waals surface area (Å²) >= 11 is 0. The summed E-state index contributed by atoms with van der Waals surface area (Å²) < 4.78 is 4.74. The molecule has 0 unspecified atom stereocenters. The predicted octanol–water partition coefficient (Wildman–Crippen LogP) is 16.4. The summed E-state index contributed by atoms with van der Waals surface area (Å²) in [6.07, 6.45) is 8.65. The maximum Gasteiger partial charge on any atom is 0.0991 e. The fraction of sp³-hybridized carbons (Fsp3) is 0.0323. The lowest BCUT2D eigenvalue weighted by molar-refractivity contribution is 0.979. The van der Waals surface area contributed by atoms with Gasteiger partial charge in [0, 0.05) is 67.1 Å². The number of anilines is 6. The summed E-state index contributed by atoms with van der Waals surface area (Å²) in [7, 11) is 0. The molecule has 6 nitrogen and oxygen atoms in total. The number of fused-ring (bicyclic) bond motifs is 6. The molecule has 0 radical (unpaired) electrons. The Hall–Kier alpha value is -9.36. The van der Waals surface area contributed by atoms with Gasteiger partial charge in [0.15, 0.2) is 0 Å². The van der Waals surface area contributed by atoms with Crippen molar-refractivity contribution < 1.29 is 0 Å². The van der Waals surface area contributed by atoms with Gasteiger partial charge >= 0.3 is 0 Å². The molecule has 68 heavy (non-hydrogen) atoms. The van der Waals surface area contributed by atoms with E-state index in [1.807, 2.05) is 48.5 Å². The van der Waals surface area contributed by atoms with E-state index in [0.29, 0.717) is 11.1 Å². The Bertz CT molecular complexity index is 3840. The molecule has 0 N–H and O–H groups in total. The van der Waals surface area contributed by atoms with Gasteiger partial charge in [0.05, 0.1) is 45.3 Å². The van der Waals surface area contributed by atoms with Gasteiger partial charge in [0.2, 0.25) is 0 Å². The number of hydrogen-bond donors (Lipinski definition) is 0. The SMILES string of the molecule is N#Cc1ccc(N(c2ccc(-c3ccc(N(c4ccc(C#N)cc4)c4ccc5c(c4)c4ccccc4n5-c4ccccc4)cc3)cc2)c2ccc3c(c2)c2ccccc2n3C2=CC=CCC2)cc1. The van der Waals surface area contributed by atoms with Crippen LogP contribution < -0.4 is 9.80 Å². The van der Waals surface area contributed by atoms with Crippen LogP contribution in [0.3, 0.4) is 0 Å². The monoisotopic (exact) mass is 870 g/mol. The van der Waals surface area contributed by atoms with Crippen molar-refractivity contribution in [2.45, 2.75) is 12.8 Å². The quantitative estimate of drug-likeness (QED) is 0.145. The number of benzene rings is 9. The maximum atomic E-state index is 9.67. The topological polar surface area (TPSA) is 63.9 Å². The molecule has 0 spiro atoms. The number of para-hydroxylation sites is 3. The lowest BCUT2D eigenvalue weighted by atomic mass is 10.0. The Balaban J connectivity index is 0.915. The Morgan fingerprint density at radius 1 is 0.382 bits per heavy atom. The summed E-state index contributed by atoms with van der Waals surface area (Å²) in [5.41, 5.74) is 16.5. The second-order valence-corrected chi connectivity index (χ2v) is 17.2. The molecule has 6 heteroatoms. The van der Waals surface area contributed by atoms with Crippen molar-refractivity contribution in [1.82, 2.24) is 9.13 Å². The van der Waals surface area contributed by atoms with Crippen LogP contribution in [-0.4, -0.2) is 9.13 Å². The fourth-order valence-corrected chi connectivity index (χ4v) is 10.0. The van der Waals surface area contributed by atoms with E-state index in [4.69, 9.17) is 0 Å². The van der Waals surface area contributed by atoms with Crippen LogP contribution in [0.2, 0.25) is 0 Å². The molecule has 2 heterocycles. The molecular formula is C62H42N6. The van der Waals surface area contributed by atoms with Gasteiger partial charge in [0.1, 0.15) is 0 Å². The number of allylic oxidation sites excluding steroid dienone is 4. The average Bonchev–Trinajstić information content (AvgIpc) is 3.92. The molecule has 0 saturated carbocycles. The van der Waals surface area contributed by atoms with E-state index in [0.717, 1.165) is 80.2 Å². The van der Waals surface area contributed by atoms with Gasteiger partial charge in [-0.1, -0.05) is 91.0 Å². The summed E-state index contributed by atoms with van der Waals surface area (Å²) in [6, 6.07) is 78.8. The highest BCUT2D eigenvalue weighted by Crippen LogP contribution is 2.43. The molecule has 11 aromatic rings. The third kappa shape index (κ3) is 6.97. The first-order valence-electron chi connectivity index (χ1n) is 22.9. The van der Waals surface area contributed by atoms with E-state index >= 15 is 0 Å². The largest absolute Gasteiger partial charge is 0.313 e. The van der Waals surface area contributed by atoms with E-state index in [1.54, 1.807) is 0 Å². The number of aromatic nitrogens is 2. The third-order valence-corrected chi connectivity index (χ3v) is 13.2. The van der Waals surface area contributed by atoms with Crippen molar-refractivity contribution in [2.24, 2.45) is 0 Å². The molecule has 1 aliphatic carbocycles. The second kappa shape index (κ2) is 16.9. The van der Waals surface area contributed by atoms with Crippen LogP contribution in [0.5, 0.6) is 0 Å². The van der Waals surface area contributed by atoms with Gasteiger partial charge in [-0.25, -0.2) is 0 Å². The molecule has 2 aromatic heterocycles. The van der Waals surface area contributed by atoms with E-state index < -0.39 is 0 Å². The van der Waals surface area contributed by atoms with Crippen LogP contribution in [0.25, 0.3) is 66.1 Å². The molecule has 12 rings (SSSR count). The van der Waals surface area contributed by atoms with Gasteiger partial charge < -0.3 is 18.9 Å². The Morgan fingerprint density at radius 2 is 0.794 bits per heavy atom. The lowest BCUT2D eigenvalue weighted by Gasteiger charge is -2.26. The average molecular weight is 871 g/mol. The lowest BCUT2D eigenvalue weighted by Crippen LogP contribution is -2.10. The number of nitriles is 2. The number of hydrogen-bond acceptors (Lipinski definition) is 4. The Labute approximate surface area is 394 Å². The van der Waals surface area contributed by atoms with Gasteiger partial charge in [-0.3, -0.25) is 0 Å². The van der Waals surface area contributed by atoms with Crippen molar-refractivity contribution >= 4 is 83.4 Å². The maximum absolute atomic E-state index is 9.67. The standard InChI is InChI=1S/C62H42N6/c63-41-43-19-27-49(28-20-43)65(53-35-37-61-57(39-53)55-15-7-9-17-59(55)67(61)47-11-3-1-4-12-47)51-31-23-45(24-32-51)46-25-33-52(34-26-46)66(50-29-21-44(42-64)22-30-50)54-36-38-62-58(40-54)56-16-8-10-18-60(56)68(62)48-13-5-2-6-14-48/h1-5,7-13,15-40H,6,14H2. The zero-order valence-corrected chi connectivity index (χ0v) is 37.0. The summed E-state index contributed by atoms with van der Waals surface area (Å²) in [5, 5.41) is 24.1. The van der Waals surface area contributed by atoms with Gasteiger partial charge in [-0.05, 0) is 164 Å². The highest BCUT2D eigenvalue weighted by Gasteiger charge is 2.20. The Morgan fingerprint density at radius 3 is 1.26 bits per heavy atom. The highest BCUT2D eigenvalue weighted by atomic mass is 15.1. The highest BCUT2D eigenvalue weighted by molar-refractivity contribution is 6.12. The van der Waals surface area contributed by atoms with Crippen molar-refractivity contribution in [1.29, 1.82) is 10.5 Å². The van der Waals surface area contributed by atoms with Crippen LogP contribution >= 0.6 is 0 Å². The van der Waals surface area contributed by atoms with Crippen LogP contribution in [-0.2, 0) is 0 Å².